The Morgan fingerprint density at radius 3 is 2.00 bits per heavy atom. The Balaban J connectivity index is 2.05. The van der Waals surface area contributed by atoms with Gasteiger partial charge in [0, 0.05) is 11.1 Å². The van der Waals surface area contributed by atoms with Crippen LogP contribution in [0.5, 0.6) is 5.75 Å². The van der Waals surface area contributed by atoms with E-state index in [1.807, 2.05) is 20.8 Å². The molecule has 2 rings (SSSR count). The number of benzene rings is 2. The zero-order valence-corrected chi connectivity index (χ0v) is 16.4. The third kappa shape index (κ3) is 6.09. The number of nitrogen functional groups attached to an aromatic ring is 1. The lowest BCUT2D eigenvalue weighted by atomic mass is 10.1. The fourth-order valence-electron chi connectivity index (χ4n) is 2.25. The van der Waals surface area contributed by atoms with E-state index in [0.29, 0.717) is 22.4 Å². The quantitative estimate of drug-likeness (QED) is 0.269. The van der Waals surface area contributed by atoms with Crippen molar-refractivity contribution >= 4 is 23.9 Å². The first-order valence-corrected chi connectivity index (χ1v) is 8.73. The molecule has 0 aliphatic heterocycles. The van der Waals surface area contributed by atoms with Gasteiger partial charge in [-0.2, -0.15) is 0 Å². The number of amidine groups is 1. The Hall–Kier alpha value is -3.41. The maximum atomic E-state index is 12.3. The molecule has 0 aliphatic rings. The van der Waals surface area contributed by atoms with Crippen molar-refractivity contribution in [1.29, 1.82) is 5.41 Å². The average Bonchev–Trinajstić information content (AvgIpc) is 2.61. The Morgan fingerprint density at radius 1 is 0.964 bits per heavy atom. The van der Waals surface area contributed by atoms with Gasteiger partial charge in [0.1, 0.15) is 17.2 Å². The SMILES string of the molecule is CC(=Cc1ccc(C(=O)Oc2ccc(C(=N)N)cc2)cc1)C(=O)OC(C)(C)C. The maximum absolute atomic E-state index is 12.3. The van der Waals surface area contributed by atoms with E-state index in [0.717, 1.165) is 5.56 Å². The summed E-state index contributed by atoms with van der Waals surface area (Å²) in [7, 11) is 0. The number of rotatable bonds is 5. The fourth-order valence-corrected chi connectivity index (χ4v) is 2.25. The van der Waals surface area contributed by atoms with E-state index < -0.39 is 11.6 Å². The predicted octanol–water partition coefficient (Wildman–Crippen LogP) is 3.93. The van der Waals surface area contributed by atoms with Crippen LogP contribution in [0.25, 0.3) is 6.08 Å². The van der Waals surface area contributed by atoms with Gasteiger partial charge in [-0.05, 0) is 75.7 Å². The van der Waals surface area contributed by atoms with Crippen LogP contribution in [-0.4, -0.2) is 23.4 Å². The summed E-state index contributed by atoms with van der Waals surface area (Å²) in [5, 5.41) is 7.36. The molecule has 146 valence electrons. The monoisotopic (exact) mass is 380 g/mol. The zero-order valence-electron chi connectivity index (χ0n) is 16.4. The van der Waals surface area contributed by atoms with E-state index in [4.69, 9.17) is 20.6 Å². The van der Waals surface area contributed by atoms with Crippen molar-refractivity contribution in [3.05, 3.63) is 70.8 Å². The Bertz CT molecular complexity index is 905. The van der Waals surface area contributed by atoms with Gasteiger partial charge in [0.05, 0.1) is 5.56 Å². The van der Waals surface area contributed by atoms with Crippen molar-refractivity contribution in [2.24, 2.45) is 5.73 Å². The second kappa shape index (κ2) is 8.52. The third-order valence-corrected chi connectivity index (χ3v) is 3.63. The number of hydrogen-bond donors (Lipinski definition) is 2. The predicted molar refractivity (Wildman–Crippen MR) is 108 cm³/mol. The lowest BCUT2D eigenvalue weighted by molar-refractivity contribution is -0.149. The largest absolute Gasteiger partial charge is 0.457 e. The lowest BCUT2D eigenvalue weighted by Crippen LogP contribution is -2.24. The molecule has 6 heteroatoms. The molecule has 2 aromatic rings. The van der Waals surface area contributed by atoms with Crippen molar-refractivity contribution < 1.29 is 19.1 Å². The molecule has 2 aromatic carbocycles. The highest BCUT2D eigenvalue weighted by Crippen LogP contribution is 2.17. The van der Waals surface area contributed by atoms with E-state index in [1.54, 1.807) is 61.5 Å². The fraction of sp³-hybridized carbons (Fsp3) is 0.227. The molecule has 28 heavy (non-hydrogen) atoms. The number of ether oxygens (including phenoxy) is 2. The first-order valence-electron chi connectivity index (χ1n) is 8.73. The minimum absolute atomic E-state index is 0.0526. The Morgan fingerprint density at radius 2 is 1.50 bits per heavy atom. The van der Waals surface area contributed by atoms with Crippen molar-refractivity contribution in [2.75, 3.05) is 0 Å². The minimum atomic E-state index is -0.553. The first kappa shape index (κ1) is 20.9. The van der Waals surface area contributed by atoms with Gasteiger partial charge in [-0.1, -0.05) is 12.1 Å². The standard InChI is InChI=1S/C22H24N2O4/c1-14(20(25)28-22(2,3)4)13-15-5-7-17(8-6-15)21(26)27-18-11-9-16(10-12-18)19(23)24/h5-13H,1-4H3,(H3,23,24). The van der Waals surface area contributed by atoms with Gasteiger partial charge in [-0.15, -0.1) is 0 Å². The second-order valence-corrected chi connectivity index (χ2v) is 7.28. The van der Waals surface area contributed by atoms with E-state index in [-0.39, 0.29) is 11.8 Å². The molecular formula is C22H24N2O4. The van der Waals surface area contributed by atoms with Gasteiger partial charge in [-0.3, -0.25) is 5.41 Å². The molecule has 0 aromatic heterocycles. The number of carbonyl (C=O) groups is 2. The van der Waals surface area contributed by atoms with Gasteiger partial charge in [-0.25, -0.2) is 9.59 Å². The van der Waals surface area contributed by atoms with Crippen LogP contribution >= 0.6 is 0 Å². The van der Waals surface area contributed by atoms with Gasteiger partial charge in [0.15, 0.2) is 0 Å². The number of nitrogens with two attached hydrogens (primary N) is 1. The van der Waals surface area contributed by atoms with E-state index in [9.17, 15) is 9.59 Å². The van der Waals surface area contributed by atoms with Gasteiger partial charge in [0.25, 0.3) is 0 Å². The average molecular weight is 380 g/mol. The molecule has 0 saturated carbocycles. The number of carbonyl (C=O) groups excluding carboxylic acids is 2. The summed E-state index contributed by atoms with van der Waals surface area (Å²) in [5.41, 5.74) is 7.01. The third-order valence-electron chi connectivity index (χ3n) is 3.63. The van der Waals surface area contributed by atoms with Crippen molar-refractivity contribution in [3.63, 3.8) is 0 Å². The summed E-state index contributed by atoms with van der Waals surface area (Å²) >= 11 is 0. The Labute approximate surface area is 164 Å². The topological polar surface area (TPSA) is 102 Å². The summed E-state index contributed by atoms with van der Waals surface area (Å²) < 4.78 is 10.6. The van der Waals surface area contributed by atoms with E-state index in [1.165, 1.54) is 0 Å². The molecule has 0 amide bonds. The van der Waals surface area contributed by atoms with E-state index in [2.05, 4.69) is 0 Å². The van der Waals surface area contributed by atoms with Crippen molar-refractivity contribution in [2.45, 2.75) is 33.3 Å². The first-order chi connectivity index (χ1) is 13.0. The summed E-state index contributed by atoms with van der Waals surface area (Å²) in [6.45, 7) is 7.12. The van der Waals surface area contributed by atoms with Crippen LogP contribution < -0.4 is 10.5 Å². The van der Waals surface area contributed by atoms with Crippen molar-refractivity contribution in [1.82, 2.24) is 0 Å². The highest BCUT2D eigenvalue weighted by Gasteiger charge is 2.17. The molecule has 0 radical (unpaired) electrons. The molecule has 0 fully saturated rings. The molecule has 0 aliphatic carbocycles. The lowest BCUT2D eigenvalue weighted by Gasteiger charge is -2.19. The second-order valence-electron chi connectivity index (χ2n) is 7.28. The van der Waals surface area contributed by atoms with Crippen LogP contribution in [0.1, 0.15) is 49.2 Å². The molecule has 0 unspecified atom stereocenters. The van der Waals surface area contributed by atoms with Crippen LogP contribution in [-0.2, 0) is 9.53 Å². The van der Waals surface area contributed by atoms with E-state index >= 15 is 0 Å². The van der Waals surface area contributed by atoms with Crippen LogP contribution in [0, 0.1) is 5.41 Å². The maximum Gasteiger partial charge on any atom is 0.343 e. The van der Waals surface area contributed by atoms with Gasteiger partial charge < -0.3 is 15.2 Å². The molecule has 0 atom stereocenters. The number of hydrogen-bond acceptors (Lipinski definition) is 5. The molecule has 0 heterocycles. The minimum Gasteiger partial charge on any atom is -0.457 e. The summed E-state index contributed by atoms with van der Waals surface area (Å²) in [6.07, 6.45) is 1.70. The summed E-state index contributed by atoms with van der Waals surface area (Å²) in [6, 6.07) is 13.1. The molecule has 0 saturated heterocycles. The molecule has 3 N–H and O–H groups in total. The smallest absolute Gasteiger partial charge is 0.343 e. The summed E-state index contributed by atoms with van der Waals surface area (Å²) in [4.78, 5) is 24.3. The molecule has 0 bridgehead atoms. The molecule has 6 nitrogen and oxygen atoms in total. The zero-order chi connectivity index (χ0) is 20.9. The highest BCUT2D eigenvalue weighted by atomic mass is 16.6. The molecular weight excluding hydrogens is 356 g/mol. The Kier molecular flexibility index (Phi) is 6.36. The highest BCUT2D eigenvalue weighted by molar-refractivity contribution is 5.95. The van der Waals surface area contributed by atoms with Gasteiger partial charge >= 0.3 is 11.9 Å². The molecule has 0 spiro atoms. The van der Waals surface area contributed by atoms with Crippen LogP contribution in [0.2, 0.25) is 0 Å². The van der Waals surface area contributed by atoms with Crippen LogP contribution in [0.3, 0.4) is 0 Å². The van der Waals surface area contributed by atoms with Crippen LogP contribution in [0.15, 0.2) is 54.1 Å². The normalized spacial score (nSPS) is 11.6. The summed E-state index contributed by atoms with van der Waals surface area (Å²) in [5.74, 6) is -0.581. The van der Waals surface area contributed by atoms with Gasteiger partial charge in [0.2, 0.25) is 0 Å². The van der Waals surface area contributed by atoms with Crippen molar-refractivity contribution in [3.8, 4) is 5.75 Å². The number of nitrogens with one attached hydrogen (secondary N) is 1. The number of esters is 2. The van der Waals surface area contributed by atoms with Crippen LogP contribution in [0.4, 0.5) is 0 Å².